The van der Waals surface area contributed by atoms with Gasteiger partial charge in [-0.2, -0.15) is 0 Å². The molecule has 0 radical (unpaired) electrons. The summed E-state index contributed by atoms with van der Waals surface area (Å²) in [5.41, 5.74) is 2.11. The summed E-state index contributed by atoms with van der Waals surface area (Å²) < 4.78 is 23.6. The number of nitrogens with zero attached hydrogens (tertiary/aromatic N) is 2. The van der Waals surface area contributed by atoms with Gasteiger partial charge in [-0.3, -0.25) is 14.6 Å². The van der Waals surface area contributed by atoms with Crippen LogP contribution in [0.2, 0.25) is 0 Å². The van der Waals surface area contributed by atoms with E-state index in [0.717, 1.165) is 43.7 Å². The third-order valence-electron chi connectivity index (χ3n) is 6.55. The first-order valence-corrected chi connectivity index (χ1v) is 12.8. The Morgan fingerprint density at radius 3 is 1.97 bits per heavy atom. The number of rotatable bonds is 6. The Labute approximate surface area is 185 Å². The largest absolute Gasteiger partial charge is 0.344 e. The number of carbonyl (C=O) groups is 1. The van der Waals surface area contributed by atoms with Gasteiger partial charge in [-0.25, -0.2) is 8.42 Å². The Hall–Kier alpha value is -2.22. The topological polar surface area (TPSA) is 69.7 Å². The predicted molar refractivity (Wildman–Crippen MR) is 123 cm³/mol. The smallest absolute Gasteiger partial charge is 0.237 e. The summed E-state index contributed by atoms with van der Waals surface area (Å²) in [7, 11) is -2.87. The minimum atomic E-state index is -2.87. The maximum Gasteiger partial charge on any atom is 0.237 e. The van der Waals surface area contributed by atoms with Crippen molar-refractivity contribution in [1.29, 1.82) is 0 Å². The average Bonchev–Trinajstić information content (AvgIpc) is 3.17. The van der Waals surface area contributed by atoms with Gasteiger partial charge in [-0.1, -0.05) is 60.7 Å². The molecule has 2 aliphatic heterocycles. The average molecular weight is 442 g/mol. The minimum Gasteiger partial charge on any atom is -0.344 e. The molecule has 166 valence electrons. The van der Waals surface area contributed by atoms with Crippen LogP contribution < -0.4 is 5.32 Å². The summed E-state index contributed by atoms with van der Waals surface area (Å²) >= 11 is 0. The monoisotopic (exact) mass is 441 g/mol. The van der Waals surface area contributed by atoms with Crippen molar-refractivity contribution in [3.05, 3.63) is 71.8 Å². The number of hydrogen-bond acceptors (Lipinski definition) is 5. The lowest BCUT2D eigenvalue weighted by atomic mass is 9.98. The molecular formula is C24H31N3O3S. The Bertz CT molecular complexity index is 934. The fraction of sp³-hybridized carbons (Fsp3) is 0.458. The van der Waals surface area contributed by atoms with E-state index in [1.807, 2.05) is 67.6 Å². The van der Waals surface area contributed by atoms with Crippen LogP contribution in [0.4, 0.5) is 0 Å². The maximum atomic E-state index is 13.2. The molecule has 1 amide bonds. The van der Waals surface area contributed by atoms with Gasteiger partial charge in [0.15, 0.2) is 9.84 Å². The van der Waals surface area contributed by atoms with Crippen molar-refractivity contribution in [2.75, 3.05) is 37.7 Å². The molecule has 2 aliphatic rings. The standard InChI is InChI=1S/C24H31N3O3S/c1-19(26-13-15-27(16-14-26)22-12-17-31(29,30)18-22)24(28)25-23(20-8-4-2-5-9-20)21-10-6-3-7-11-21/h2-11,19,22-23H,12-18H2,1H3,(H,25,28)/t19-,22+/m1/s1. The SMILES string of the molecule is C[C@H](C(=O)NC(c1ccccc1)c1ccccc1)N1CCN([C@H]2CCS(=O)(=O)C2)CC1. The molecule has 0 spiro atoms. The molecule has 4 rings (SSSR count). The molecule has 0 saturated carbocycles. The highest BCUT2D eigenvalue weighted by Gasteiger charge is 2.35. The number of carbonyl (C=O) groups excluding carboxylic acids is 1. The van der Waals surface area contributed by atoms with Crippen molar-refractivity contribution in [2.24, 2.45) is 0 Å². The van der Waals surface area contributed by atoms with E-state index < -0.39 is 9.84 Å². The van der Waals surface area contributed by atoms with E-state index in [4.69, 9.17) is 0 Å². The zero-order valence-corrected chi connectivity index (χ0v) is 18.8. The number of benzene rings is 2. The first-order chi connectivity index (χ1) is 14.9. The molecule has 2 fully saturated rings. The summed E-state index contributed by atoms with van der Waals surface area (Å²) in [6.45, 7) is 5.11. The maximum absolute atomic E-state index is 13.2. The second kappa shape index (κ2) is 9.51. The molecule has 0 aromatic heterocycles. The first-order valence-electron chi connectivity index (χ1n) is 11.0. The Balaban J connectivity index is 1.38. The Morgan fingerprint density at radius 2 is 1.48 bits per heavy atom. The highest BCUT2D eigenvalue weighted by molar-refractivity contribution is 7.91. The predicted octanol–water partition coefficient (Wildman–Crippen LogP) is 2.09. The van der Waals surface area contributed by atoms with E-state index in [2.05, 4.69) is 15.1 Å². The van der Waals surface area contributed by atoms with E-state index in [1.54, 1.807) is 0 Å². The molecular weight excluding hydrogens is 410 g/mol. The van der Waals surface area contributed by atoms with Crippen molar-refractivity contribution in [1.82, 2.24) is 15.1 Å². The fourth-order valence-electron chi connectivity index (χ4n) is 4.63. The van der Waals surface area contributed by atoms with Crippen molar-refractivity contribution in [3.8, 4) is 0 Å². The molecule has 6 nitrogen and oxygen atoms in total. The van der Waals surface area contributed by atoms with Crippen molar-refractivity contribution in [3.63, 3.8) is 0 Å². The number of nitrogens with one attached hydrogen (secondary N) is 1. The lowest BCUT2D eigenvalue weighted by Gasteiger charge is -2.40. The molecule has 2 aromatic carbocycles. The van der Waals surface area contributed by atoms with Crippen molar-refractivity contribution in [2.45, 2.75) is 31.5 Å². The summed E-state index contributed by atoms with van der Waals surface area (Å²) in [4.78, 5) is 17.7. The van der Waals surface area contributed by atoms with Gasteiger partial charge in [0.25, 0.3) is 0 Å². The molecule has 0 bridgehead atoms. The van der Waals surface area contributed by atoms with Gasteiger partial charge in [0.2, 0.25) is 5.91 Å². The third-order valence-corrected chi connectivity index (χ3v) is 8.30. The molecule has 2 heterocycles. The third kappa shape index (κ3) is 5.34. The van der Waals surface area contributed by atoms with E-state index in [0.29, 0.717) is 5.75 Å². The quantitative estimate of drug-likeness (QED) is 0.743. The van der Waals surface area contributed by atoms with Gasteiger partial charge in [0.05, 0.1) is 23.6 Å². The lowest BCUT2D eigenvalue weighted by molar-refractivity contribution is -0.127. The van der Waals surface area contributed by atoms with Crippen molar-refractivity contribution >= 4 is 15.7 Å². The van der Waals surface area contributed by atoms with Gasteiger partial charge < -0.3 is 5.32 Å². The first kappa shape index (κ1) is 22.0. The summed E-state index contributed by atoms with van der Waals surface area (Å²) in [6, 6.07) is 19.8. The van der Waals surface area contributed by atoms with Crippen LogP contribution in [0.15, 0.2) is 60.7 Å². The highest BCUT2D eigenvalue weighted by Crippen LogP contribution is 2.23. The molecule has 1 N–H and O–H groups in total. The van der Waals surface area contributed by atoms with E-state index in [9.17, 15) is 13.2 Å². The molecule has 2 aromatic rings. The van der Waals surface area contributed by atoms with Crippen LogP contribution in [0.1, 0.15) is 30.5 Å². The summed E-state index contributed by atoms with van der Waals surface area (Å²) in [5, 5.41) is 3.25. The van der Waals surface area contributed by atoms with Crippen molar-refractivity contribution < 1.29 is 13.2 Å². The zero-order chi connectivity index (χ0) is 21.8. The van der Waals surface area contributed by atoms with Gasteiger partial charge in [-0.05, 0) is 24.5 Å². The highest BCUT2D eigenvalue weighted by atomic mass is 32.2. The van der Waals surface area contributed by atoms with Gasteiger partial charge in [0.1, 0.15) is 0 Å². The lowest BCUT2D eigenvalue weighted by Crippen LogP contribution is -2.56. The van der Waals surface area contributed by atoms with E-state index in [1.165, 1.54) is 0 Å². The number of amides is 1. The second-order valence-electron chi connectivity index (χ2n) is 8.57. The number of hydrogen-bond donors (Lipinski definition) is 1. The molecule has 0 unspecified atom stereocenters. The molecule has 0 aliphatic carbocycles. The van der Waals surface area contributed by atoms with Crippen LogP contribution in [-0.2, 0) is 14.6 Å². The van der Waals surface area contributed by atoms with Crippen LogP contribution >= 0.6 is 0 Å². The van der Waals surface area contributed by atoms with Crippen LogP contribution in [0.3, 0.4) is 0 Å². The fourth-order valence-corrected chi connectivity index (χ4v) is 6.39. The molecule has 31 heavy (non-hydrogen) atoms. The second-order valence-corrected chi connectivity index (χ2v) is 10.8. The molecule has 2 saturated heterocycles. The van der Waals surface area contributed by atoms with Crippen LogP contribution in [0, 0.1) is 0 Å². The normalized spacial score (nSPS) is 23.0. The number of piperazine rings is 1. The zero-order valence-electron chi connectivity index (χ0n) is 18.0. The Kier molecular flexibility index (Phi) is 6.74. The van der Waals surface area contributed by atoms with Crippen LogP contribution in [0.5, 0.6) is 0 Å². The van der Waals surface area contributed by atoms with Gasteiger partial charge in [0, 0.05) is 32.2 Å². The van der Waals surface area contributed by atoms with Gasteiger partial charge >= 0.3 is 0 Å². The molecule has 2 atom stereocenters. The Morgan fingerprint density at radius 1 is 0.935 bits per heavy atom. The van der Waals surface area contributed by atoms with E-state index >= 15 is 0 Å². The number of sulfone groups is 1. The molecule has 7 heteroatoms. The minimum absolute atomic E-state index is 0.00889. The van der Waals surface area contributed by atoms with Crippen LogP contribution in [-0.4, -0.2) is 73.9 Å². The van der Waals surface area contributed by atoms with Gasteiger partial charge in [-0.15, -0.1) is 0 Å². The summed E-state index contributed by atoms with van der Waals surface area (Å²) in [5.74, 6) is 0.588. The van der Waals surface area contributed by atoms with Crippen LogP contribution in [0.25, 0.3) is 0 Å². The summed E-state index contributed by atoms with van der Waals surface area (Å²) in [6.07, 6.45) is 0.730. The van der Waals surface area contributed by atoms with E-state index in [-0.39, 0.29) is 29.8 Å².